The second-order valence-electron chi connectivity index (χ2n) is 24.0. The average molecular weight is 1170 g/mol. The van der Waals surface area contributed by atoms with Crippen LogP contribution in [0.25, 0.3) is 112 Å². The fourth-order valence-electron chi connectivity index (χ4n) is 12.4. The first kappa shape index (κ1) is 57.4. The van der Waals surface area contributed by atoms with Gasteiger partial charge < -0.3 is 0 Å². The minimum absolute atomic E-state index is 0.518. The van der Waals surface area contributed by atoms with Crippen molar-refractivity contribution in [3.8, 4) is 45.0 Å². The Morgan fingerprint density at radius 3 is 1.07 bits per heavy atom. The molecule has 0 saturated heterocycles. The number of hydrogen-bond acceptors (Lipinski definition) is 4. The highest BCUT2D eigenvalue weighted by Crippen LogP contribution is 2.32. The molecular formula is C77H74N12+4. The molecule has 438 valence electrons. The Bertz CT molecular complexity index is 5390. The maximum atomic E-state index is 4.78. The van der Waals surface area contributed by atoms with Crippen molar-refractivity contribution in [2.75, 3.05) is 0 Å². The number of hydrogen-bond donors (Lipinski definition) is 0. The quantitative estimate of drug-likeness (QED) is 0.161. The van der Waals surface area contributed by atoms with Crippen molar-refractivity contribution >= 4 is 66.7 Å². The van der Waals surface area contributed by atoms with Gasteiger partial charge in [0.2, 0.25) is 22.8 Å². The monoisotopic (exact) mass is 1170 g/mol. The first-order chi connectivity index (χ1) is 43.0. The molecule has 0 aliphatic heterocycles. The SMILES string of the molecule is Cc1cc2c(cc1-c1cc(C(C)C)cc[n+]1C)nc1ccccn12.Cc1cc2c(cc1-c1cccc[n+]1C)nc1ccccn12.Cc1cc[n+](C)c(-c2cc3nc4ccccn4c3cc2C)c1.Cc1ccc(-c2cc3nc4ccccn4c3cc2C)[n+](C)c1. The lowest BCUT2D eigenvalue weighted by Crippen LogP contribution is -2.31. The summed E-state index contributed by atoms with van der Waals surface area (Å²) in [6.45, 7) is 17.4. The van der Waals surface area contributed by atoms with E-state index in [0.717, 1.165) is 66.7 Å². The minimum atomic E-state index is 0.518. The summed E-state index contributed by atoms with van der Waals surface area (Å²) in [7, 11) is 8.35. The molecule has 16 rings (SSSR count). The Labute approximate surface area is 518 Å². The zero-order chi connectivity index (χ0) is 61.8. The molecule has 12 heterocycles. The minimum Gasteiger partial charge on any atom is -0.300 e. The number of aryl methyl sites for hydroxylation is 10. The maximum Gasteiger partial charge on any atom is 0.212 e. The van der Waals surface area contributed by atoms with Gasteiger partial charge in [-0.3, -0.25) is 17.6 Å². The predicted octanol–water partition coefficient (Wildman–Crippen LogP) is 14.9. The summed E-state index contributed by atoms with van der Waals surface area (Å²) >= 11 is 0. The van der Waals surface area contributed by atoms with Crippen LogP contribution in [0.3, 0.4) is 0 Å². The molecule has 0 fully saturated rings. The zero-order valence-electron chi connectivity index (χ0n) is 52.8. The highest BCUT2D eigenvalue weighted by atomic mass is 15.0. The third-order valence-corrected chi connectivity index (χ3v) is 17.2. The molecule has 0 amide bonds. The summed E-state index contributed by atoms with van der Waals surface area (Å²) in [6.07, 6.45) is 16.8. The van der Waals surface area contributed by atoms with Gasteiger partial charge in [0.25, 0.3) is 0 Å². The Morgan fingerprint density at radius 2 is 0.674 bits per heavy atom. The van der Waals surface area contributed by atoms with Crippen molar-refractivity contribution in [1.29, 1.82) is 0 Å². The first-order valence-electron chi connectivity index (χ1n) is 30.4. The van der Waals surface area contributed by atoms with Gasteiger partial charge in [0.1, 0.15) is 50.8 Å². The van der Waals surface area contributed by atoms with Crippen LogP contribution in [0.4, 0.5) is 0 Å². The van der Waals surface area contributed by atoms with Crippen LogP contribution in [-0.4, -0.2) is 37.5 Å². The molecule has 16 aromatic rings. The molecule has 0 bridgehead atoms. The molecule has 4 aromatic carbocycles. The first-order valence-corrected chi connectivity index (χ1v) is 30.4. The molecule has 0 aliphatic carbocycles. The number of nitrogens with zero attached hydrogens (tertiary/aromatic N) is 12. The van der Waals surface area contributed by atoms with Gasteiger partial charge in [-0.2, -0.15) is 0 Å². The van der Waals surface area contributed by atoms with Crippen LogP contribution in [0.15, 0.2) is 225 Å². The molecule has 0 N–H and O–H groups in total. The topological polar surface area (TPSA) is 84.7 Å². The lowest BCUT2D eigenvalue weighted by atomic mass is 9.98. The van der Waals surface area contributed by atoms with E-state index >= 15 is 0 Å². The van der Waals surface area contributed by atoms with E-state index in [2.05, 4.69) is 266 Å². The van der Waals surface area contributed by atoms with Gasteiger partial charge in [-0.25, -0.2) is 38.2 Å². The fraction of sp³-hybridized carbons (Fsp3) is 0.169. The molecule has 12 aromatic heterocycles. The van der Waals surface area contributed by atoms with Gasteiger partial charge in [-0.05, 0) is 190 Å². The molecule has 0 aliphatic rings. The zero-order valence-corrected chi connectivity index (χ0v) is 52.8. The molecule has 0 unspecified atom stereocenters. The highest BCUT2D eigenvalue weighted by molar-refractivity contribution is 5.89. The number of benzene rings is 4. The highest BCUT2D eigenvalue weighted by Gasteiger charge is 2.21. The van der Waals surface area contributed by atoms with Gasteiger partial charge in [0.15, 0.2) is 24.8 Å². The Morgan fingerprint density at radius 1 is 0.315 bits per heavy atom. The smallest absolute Gasteiger partial charge is 0.212 e. The van der Waals surface area contributed by atoms with Crippen LogP contribution in [0.5, 0.6) is 0 Å². The second-order valence-corrected chi connectivity index (χ2v) is 24.0. The molecule has 0 saturated carbocycles. The molecule has 0 atom stereocenters. The number of rotatable bonds is 5. The van der Waals surface area contributed by atoms with Crippen LogP contribution in [-0.2, 0) is 28.2 Å². The second kappa shape index (κ2) is 23.5. The summed E-state index contributed by atoms with van der Waals surface area (Å²) < 4.78 is 17.2. The van der Waals surface area contributed by atoms with Gasteiger partial charge >= 0.3 is 0 Å². The molecule has 12 heteroatoms. The summed E-state index contributed by atoms with van der Waals surface area (Å²) in [6, 6.07) is 61.6. The van der Waals surface area contributed by atoms with Gasteiger partial charge in [0.05, 0.1) is 66.4 Å². The van der Waals surface area contributed by atoms with E-state index in [4.69, 9.17) is 19.9 Å². The van der Waals surface area contributed by atoms with Crippen molar-refractivity contribution in [2.45, 2.75) is 61.3 Å². The van der Waals surface area contributed by atoms with Crippen LogP contribution < -0.4 is 18.3 Å². The summed E-state index contributed by atoms with van der Waals surface area (Å²) in [4.78, 5) is 19.0. The van der Waals surface area contributed by atoms with E-state index in [9.17, 15) is 0 Å². The lowest BCUT2D eigenvalue weighted by Gasteiger charge is -2.09. The van der Waals surface area contributed by atoms with E-state index in [1.165, 1.54) is 84.0 Å². The van der Waals surface area contributed by atoms with E-state index in [1.807, 2.05) is 78.9 Å². The maximum absolute atomic E-state index is 4.78. The molecule has 12 nitrogen and oxygen atoms in total. The van der Waals surface area contributed by atoms with Crippen molar-refractivity contribution in [2.24, 2.45) is 28.2 Å². The van der Waals surface area contributed by atoms with Crippen molar-refractivity contribution in [3.05, 3.63) is 264 Å². The largest absolute Gasteiger partial charge is 0.300 e. The fourth-order valence-corrected chi connectivity index (χ4v) is 12.4. The standard InChI is InChI=1S/C21H22N3.2C19H18N3.C18H16N3/c1-14(2)16-8-10-23(4)19(12-16)17-13-18-20(11-15(17)3)24-9-6-5-7-21(24)22-18;1-13-7-8-17(21(3)12-13)15-11-16-18(10-14(15)2)22-9-5-4-6-19(22)20-16;1-13-7-9-21(3)17(10-13)15-12-16-18(11-14(15)2)22-8-5-4-6-19(22)20-16;1-13-11-17-15(19-18-8-4-6-10-21(17)18)12-14(13)16-7-3-5-9-20(16)2/h5-14H,1-4H3;2*4-12H,1-3H3;3-12H,1-2H3/q4*+1. The predicted molar refractivity (Wildman–Crippen MR) is 360 cm³/mol. The van der Waals surface area contributed by atoms with E-state index in [0.29, 0.717) is 5.92 Å². The average Bonchev–Trinajstić information content (AvgIpc) is 1.83. The molecule has 0 spiro atoms. The Kier molecular flexibility index (Phi) is 15.2. The van der Waals surface area contributed by atoms with Crippen LogP contribution in [0.1, 0.15) is 58.7 Å². The summed E-state index contributed by atoms with van der Waals surface area (Å²) in [5.74, 6) is 0.518. The van der Waals surface area contributed by atoms with Crippen molar-refractivity contribution in [3.63, 3.8) is 0 Å². The van der Waals surface area contributed by atoms with Crippen LogP contribution in [0, 0.1) is 41.5 Å². The summed E-state index contributed by atoms with van der Waals surface area (Å²) in [5.41, 5.74) is 31.5. The number of imidazole rings is 4. The number of fused-ring (bicyclic) bond motifs is 12. The third kappa shape index (κ3) is 11.0. The van der Waals surface area contributed by atoms with Crippen LogP contribution in [0.2, 0.25) is 0 Å². The van der Waals surface area contributed by atoms with E-state index in [-0.39, 0.29) is 0 Å². The molecule has 0 radical (unpaired) electrons. The lowest BCUT2D eigenvalue weighted by molar-refractivity contribution is -0.660. The van der Waals surface area contributed by atoms with Crippen LogP contribution >= 0.6 is 0 Å². The number of pyridine rings is 8. The van der Waals surface area contributed by atoms with Crippen molar-refractivity contribution in [1.82, 2.24) is 37.5 Å². The van der Waals surface area contributed by atoms with Crippen molar-refractivity contribution < 1.29 is 18.3 Å². The molecular weight excluding hydrogens is 1090 g/mol. The Hall–Kier alpha value is -10.7. The van der Waals surface area contributed by atoms with E-state index < -0.39 is 0 Å². The third-order valence-electron chi connectivity index (χ3n) is 17.2. The normalized spacial score (nSPS) is 11.5. The molecule has 89 heavy (non-hydrogen) atoms. The van der Waals surface area contributed by atoms with Gasteiger partial charge in [-0.1, -0.05) is 38.1 Å². The van der Waals surface area contributed by atoms with E-state index in [1.54, 1.807) is 0 Å². The van der Waals surface area contributed by atoms with Gasteiger partial charge in [-0.15, -0.1) is 0 Å². The Balaban J connectivity index is 0.000000109. The van der Waals surface area contributed by atoms with Gasteiger partial charge in [0, 0.05) is 72.8 Å². The number of aromatic nitrogens is 12. The summed E-state index contributed by atoms with van der Waals surface area (Å²) in [5, 5.41) is 0.